The Hall–Kier alpha value is -0.730. The van der Waals surface area contributed by atoms with Crippen molar-refractivity contribution in [2.45, 2.75) is 51.1 Å². The predicted octanol–water partition coefficient (Wildman–Crippen LogP) is 4.08. The molecule has 1 aliphatic carbocycles. The molecule has 0 bridgehead atoms. The van der Waals surface area contributed by atoms with Gasteiger partial charge in [0.15, 0.2) is 0 Å². The van der Waals surface area contributed by atoms with Gasteiger partial charge in [0.1, 0.15) is 0 Å². The fourth-order valence-electron chi connectivity index (χ4n) is 3.93. The number of nitrogen functional groups attached to an aromatic ring is 1. The third-order valence-corrected chi connectivity index (χ3v) is 4.94. The Morgan fingerprint density at radius 2 is 1.89 bits per heavy atom. The first-order valence-corrected chi connectivity index (χ1v) is 7.89. The molecule has 19 heavy (non-hydrogen) atoms. The molecular weight excluding hydrogens is 256 g/mol. The molecular formula is C16H23ClN2. The molecule has 1 aliphatic heterocycles. The third kappa shape index (κ3) is 3.06. The summed E-state index contributed by atoms with van der Waals surface area (Å²) in [6.07, 6.45) is 8.41. The van der Waals surface area contributed by atoms with Crippen molar-refractivity contribution in [3.63, 3.8) is 0 Å². The van der Waals surface area contributed by atoms with Crippen LogP contribution in [-0.2, 0) is 6.54 Å². The van der Waals surface area contributed by atoms with Crippen molar-refractivity contribution in [3.05, 3.63) is 28.8 Å². The average molecular weight is 279 g/mol. The van der Waals surface area contributed by atoms with Gasteiger partial charge in [-0.1, -0.05) is 24.4 Å². The van der Waals surface area contributed by atoms with Crippen molar-refractivity contribution in [1.82, 2.24) is 4.90 Å². The number of fused-ring (bicyclic) bond motifs is 1. The van der Waals surface area contributed by atoms with Crippen LogP contribution in [0.15, 0.2) is 18.2 Å². The highest BCUT2D eigenvalue weighted by Crippen LogP contribution is 2.36. The summed E-state index contributed by atoms with van der Waals surface area (Å²) < 4.78 is 0. The molecule has 3 heteroatoms. The van der Waals surface area contributed by atoms with Crippen LogP contribution in [0.4, 0.5) is 5.69 Å². The molecule has 1 aromatic rings. The molecule has 2 aliphatic rings. The summed E-state index contributed by atoms with van der Waals surface area (Å²) in [5.41, 5.74) is 7.93. The van der Waals surface area contributed by atoms with E-state index in [-0.39, 0.29) is 0 Å². The Labute approximate surface area is 120 Å². The first-order chi connectivity index (χ1) is 9.22. The lowest BCUT2D eigenvalue weighted by Gasteiger charge is -2.44. The molecule has 1 saturated carbocycles. The molecule has 2 fully saturated rings. The van der Waals surface area contributed by atoms with Gasteiger partial charge in [-0.3, -0.25) is 4.90 Å². The van der Waals surface area contributed by atoms with E-state index in [4.69, 9.17) is 17.3 Å². The molecule has 0 amide bonds. The fraction of sp³-hybridized carbons (Fsp3) is 0.625. The zero-order valence-electron chi connectivity index (χ0n) is 11.4. The number of benzene rings is 1. The highest BCUT2D eigenvalue weighted by Gasteiger charge is 2.32. The summed E-state index contributed by atoms with van der Waals surface area (Å²) >= 11 is 6.11. The van der Waals surface area contributed by atoms with Gasteiger partial charge in [0.2, 0.25) is 0 Å². The topological polar surface area (TPSA) is 29.3 Å². The average Bonchev–Trinajstić information content (AvgIpc) is 2.38. The lowest BCUT2D eigenvalue weighted by atomic mass is 9.78. The SMILES string of the molecule is Nc1cc(Cl)cc(CN2CCCC3CCCCC32)c1. The van der Waals surface area contributed by atoms with Crippen molar-refractivity contribution >= 4 is 17.3 Å². The van der Waals surface area contributed by atoms with Crippen LogP contribution in [-0.4, -0.2) is 17.5 Å². The van der Waals surface area contributed by atoms with Gasteiger partial charge in [-0.05, 0) is 61.9 Å². The fourth-order valence-corrected chi connectivity index (χ4v) is 4.19. The van der Waals surface area contributed by atoms with Crippen LogP contribution in [0, 0.1) is 5.92 Å². The number of anilines is 1. The minimum Gasteiger partial charge on any atom is -0.399 e. The van der Waals surface area contributed by atoms with Gasteiger partial charge < -0.3 is 5.73 Å². The molecule has 1 aromatic carbocycles. The predicted molar refractivity (Wildman–Crippen MR) is 81.3 cm³/mol. The molecule has 2 atom stereocenters. The monoisotopic (exact) mass is 278 g/mol. The van der Waals surface area contributed by atoms with Crippen molar-refractivity contribution in [2.24, 2.45) is 5.92 Å². The van der Waals surface area contributed by atoms with Gasteiger partial charge >= 0.3 is 0 Å². The molecule has 3 rings (SSSR count). The minimum atomic E-state index is 0.757. The Morgan fingerprint density at radius 1 is 1.11 bits per heavy atom. The number of hydrogen-bond donors (Lipinski definition) is 1. The van der Waals surface area contributed by atoms with E-state index in [2.05, 4.69) is 17.0 Å². The third-order valence-electron chi connectivity index (χ3n) is 4.72. The van der Waals surface area contributed by atoms with Crippen molar-refractivity contribution < 1.29 is 0 Å². The van der Waals surface area contributed by atoms with Crippen LogP contribution in [0.1, 0.15) is 44.1 Å². The standard InChI is InChI=1S/C16H23ClN2/c17-14-8-12(9-15(18)10-14)11-19-7-3-5-13-4-1-2-6-16(13)19/h8-10,13,16H,1-7,11,18H2. The lowest BCUT2D eigenvalue weighted by molar-refractivity contribution is 0.0547. The lowest BCUT2D eigenvalue weighted by Crippen LogP contribution is -2.46. The van der Waals surface area contributed by atoms with Crippen molar-refractivity contribution in [1.29, 1.82) is 0 Å². The zero-order chi connectivity index (χ0) is 13.2. The molecule has 0 aromatic heterocycles. The van der Waals surface area contributed by atoms with E-state index >= 15 is 0 Å². The normalized spacial score (nSPS) is 28.1. The van der Waals surface area contributed by atoms with Gasteiger partial charge in [0.05, 0.1) is 0 Å². The first kappa shape index (κ1) is 13.3. The Balaban J connectivity index is 1.74. The minimum absolute atomic E-state index is 0.757. The molecule has 2 nitrogen and oxygen atoms in total. The van der Waals surface area contributed by atoms with E-state index in [1.54, 1.807) is 0 Å². The van der Waals surface area contributed by atoms with Crippen LogP contribution < -0.4 is 5.73 Å². The van der Waals surface area contributed by atoms with E-state index in [1.165, 1.54) is 50.6 Å². The quantitative estimate of drug-likeness (QED) is 0.826. The van der Waals surface area contributed by atoms with Crippen LogP contribution in [0.5, 0.6) is 0 Å². The van der Waals surface area contributed by atoms with Crippen LogP contribution in [0.25, 0.3) is 0 Å². The van der Waals surface area contributed by atoms with Crippen LogP contribution in [0.3, 0.4) is 0 Å². The van der Waals surface area contributed by atoms with Crippen molar-refractivity contribution in [3.8, 4) is 0 Å². The summed E-state index contributed by atoms with van der Waals surface area (Å²) in [4.78, 5) is 2.67. The smallest absolute Gasteiger partial charge is 0.0429 e. The molecule has 1 heterocycles. The summed E-state index contributed by atoms with van der Waals surface area (Å²) in [7, 11) is 0. The van der Waals surface area contributed by atoms with Gasteiger partial charge in [0, 0.05) is 23.3 Å². The maximum Gasteiger partial charge on any atom is 0.0429 e. The zero-order valence-corrected chi connectivity index (χ0v) is 12.2. The Kier molecular flexibility index (Phi) is 3.99. The number of rotatable bonds is 2. The largest absolute Gasteiger partial charge is 0.399 e. The van der Waals surface area contributed by atoms with Crippen LogP contribution in [0.2, 0.25) is 5.02 Å². The van der Waals surface area contributed by atoms with E-state index < -0.39 is 0 Å². The van der Waals surface area contributed by atoms with E-state index in [1.807, 2.05) is 6.07 Å². The highest BCUT2D eigenvalue weighted by molar-refractivity contribution is 6.30. The molecule has 2 unspecified atom stereocenters. The van der Waals surface area contributed by atoms with Gasteiger partial charge in [-0.25, -0.2) is 0 Å². The molecule has 0 spiro atoms. The number of hydrogen-bond acceptors (Lipinski definition) is 2. The number of nitrogens with zero attached hydrogens (tertiary/aromatic N) is 1. The molecule has 104 valence electrons. The Morgan fingerprint density at radius 3 is 2.74 bits per heavy atom. The number of nitrogens with two attached hydrogens (primary N) is 1. The summed E-state index contributed by atoms with van der Waals surface area (Å²) in [6, 6.07) is 6.75. The van der Waals surface area contributed by atoms with Gasteiger partial charge in [-0.2, -0.15) is 0 Å². The van der Waals surface area contributed by atoms with E-state index in [0.29, 0.717) is 0 Å². The maximum atomic E-state index is 6.11. The second-order valence-corrected chi connectivity index (χ2v) is 6.55. The number of halogens is 1. The summed E-state index contributed by atoms with van der Waals surface area (Å²) in [5, 5.41) is 0.757. The van der Waals surface area contributed by atoms with Gasteiger partial charge in [0.25, 0.3) is 0 Å². The van der Waals surface area contributed by atoms with E-state index in [0.717, 1.165) is 29.2 Å². The van der Waals surface area contributed by atoms with Crippen LogP contribution >= 0.6 is 11.6 Å². The number of likely N-dealkylation sites (tertiary alicyclic amines) is 1. The second kappa shape index (κ2) is 5.72. The maximum absolute atomic E-state index is 6.11. The molecule has 1 saturated heterocycles. The van der Waals surface area contributed by atoms with Crippen molar-refractivity contribution in [2.75, 3.05) is 12.3 Å². The van der Waals surface area contributed by atoms with E-state index in [9.17, 15) is 0 Å². The highest BCUT2D eigenvalue weighted by atomic mass is 35.5. The molecule has 2 N–H and O–H groups in total. The summed E-state index contributed by atoms with van der Waals surface area (Å²) in [6.45, 7) is 2.24. The Bertz CT molecular complexity index is 424. The summed E-state index contributed by atoms with van der Waals surface area (Å²) in [5.74, 6) is 0.930. The number of piperidine rings is 1. The molecule has 0 radical (unpaired) electrons. The second-order valence-electron chi connectivity index (χ2n) is 6.12. The van der Waals surface area contributed by atoms with Gasteiger partial charge in [-0.15, -0.1) is 0 Å². The first-order valence-electron chi connectivity index (χ1n) is 7.51.